The fourth-order valence-corrected chi connectivity index (χ4v) is 1.57. The minimum Gasteiger partial charge on any atom is -0.506 e. The van der Waals surface area contributed by atoms with Crippen molar-refractivity contribution in [3.63, 3.8) is 0 Å². The molecule has 0 saturated heterocycles. The highest BCUT2D eigenvalue weighted by atomic mass is 127. The third kappa shape index (κ3) is 2.00. The van der Waals surface area contributed by atoms with Gasteiger partial charge >= 0.3 is 0 Å². The van der Waals surface area contributed by atoms with Gasteiger partial charge < -0.3 is 5.11 Å². The Morgan fingerprint density at radius 3 is 2.57 bits per heavy atom. The Balaban J connectivity index is 3.43. The Bertz CT molecular complexity index is 416. The molecule has 0 aromatic heterocycles. The number of ketones is 1. The Hall–Kier alpha value is -1.18. The average Bonchev–Trinajstić information content (AvgIpc) is 2.08. The van der Waals surface area contributed by atoms with Crippen molar-refractivity contribution in [2.75, 3.05) is 0 Å². The average molecular weight is 307 g/mol. The second kappa shape index (κ2) is 3.91. The van der Waals surface area contributed by atoms with E-state index in [2.05, 4.69) is 0 Å². The van der Waals surface area contributed by atoms with Crippen LogP contribution in [0.25, 0.3) is 0 Å². The quantitative estimate of drug-likeness (QED) is 0.393. The van der Waals surface area contributed by atoms with Gasteiger partial charge in [0.25, 0.3) is 5.69 Å². The van der Waals surface area contributed by atoms with E-state index >= 15 is 0 Å². The first-order valence-corrected chi connectivity index (χ1v) is 4.69. The van der Waals surface area contributed by atoms with Crippen LogP contribution in [-0.2, 0) is 0 Å². The fraction of sp³-hybridized carbons (Fsp3) is 0.125. The van der Waals surface area contributed by atoms with Crippen molar-refractivity contribution in [2.45, 2.75) is 6.92 Å². The molecule has 0 heterocycles. The zero-order valence-electron chi connectivity index (χ0n) is 7.15. The van der Waals surface area contributed by atoms with Crippen LogP contribution in [0, 0.1) is 13.7 Å². The molecule has 74 valence electrons. The summed E-state index contributed by atoms with van der Waals surface area (Å²) in [6.07, 6.45) is 0. The van der Waals surface area contributed by atoms with Crippen LogP contribution < -0.4 is 0 Å². The van der Waals surface area contributed by atoms with E-state index in [-0.39, 0.29) is 17.0 Å². The number of aromatic hydroxyl groups is 1. The van der Waals surface area contributed by atoms with Gasteiger partial charge in [-0.2, -0.15) is 0 Å². The monoisotopic (exact) mass is 307 g/mol. The van der Waals surface area contributed by atoms with E-state index in [4.69, 9.17) is 0 Å². The van der Waals surface area contributed by atoms with E-state index in [0.29, 0.717) is 3.57 Å². The lowest BCUT2D eigenvalue weighted by atomic mass is 10.1. The number of carbonyl (C=O) groups is 1. The van der Waals surface area contributed by atoms with Crippen LogP contribution in [0.3, 0.4) is 0 Å². The molecule has 0 spiro atoms. The molecule has 1 aromatic carbocycles. The third-order valence-electron chi connectivity index (χ3n) is 1.64. The van der Waals surface area contributed by atoms with Crippen molar-refractivity contribution in [1.29, 1.82) is 0 Å². The topological polar surface area (TPSA) is 80.4 Å². The first kappa shape index (κ1) is 10.9. The van der Waals surface area contributed by atoms with Gasteiger partial charge in [0, 0.05) is 12.1 Å². The number of rotatable bonds is 2. The molecule has 14 heavy (non-hydrogen) atoms. The number of Topliss-reactive ketones (excluding diaryl/α,β-unsaturated/α-hetero) is 1. The normalized spacial score (nSPS) is 9.86. The van der Waals surface area contributed by atoms with Gasteiger partial charge in [0.1, 0.15) is 5.75 Å². The number of phenolic OH excluding ortho intramolecular Hbond substituents is 1. The number of halogens is 1. The molecule has 5 nitrogen and oxygen atoms in total. The molecule has 1 rings (SSSR count). The van der Waals surface area contributed by atoms with Gasteiger partial charge in [-0.25, -0.2) is 0 Å². The van der Waals surface area contributed by atoms with E-state index in [9.17, 15) is 20.0 Å². The van der Waals surface area contributed by atoms with Crippen molar-refractivity contribution in [2.24, 2.45) is 0 Å². The number of hydrogen-bond donors (Lipinski definition) is 1. The summed E-state index contributed by atoms with van der Waals surface area (Å²) in [6.45, 7) is 1.24. The first-order valence-electron chi connectivity index (χ1n) is 3.61. The van der Waals surface area contributed by atoms with E-state index in [0.717, 1.165) is 6.07 Å². The van der Waals surface area contributed by atoms with Gasteiger partial charge in [-0.3, -0.25) is 14.9 Å². The van der Waals surface area contributed by atoms with Gasteiger partial charge in [-0.05, 0) is 29.5 Å². The molecule has 0 atom stereocenters. The lowest BCUT2D eigenvalue weighted by molar-refractivity contribution is -0.385. The number of nitro groups is 1. The smallest absolute Gasteiger partial charge is 0.271 e. The molecule has 0 aliphatic heterocycles. The van der Waals surface area contributed by atoms with E-state index in [1.54, 1.807) is 22.6 Å². The zero-order chi connectivity index (χ0) is 10.9. The summed E-state index contributed by atoms with van der Waals surface area (Å²) in [4.78, 5) is 20.9. The van der Waals surface area contributed by atoms with Crippen LogP contribution in [0.4, 0.5) is 5.69 Å². The molecule has 1 N–H and O–H groups in total. The van der Waals surface area contributed by atoms with E-state index < -0.39 is 10.7 Å². The minimum atomic E-state index is -0.603. The molecule has 0 saturated carbocycles. The molecule has 0 unspecified atom stereocenters. The molecule has 0 aliphatic carbocycles. The molecule has 0 aliphatic rings. The maximum Gasteiger partial charge on any atom is 0.271 e. The van der Waals surface area contributed by atoms with Crippen LogP contribution in [0.5, 0.6) is 5.75 Å². The molecule has 0 fully saturated rings. The Morgan fingerprint density at radius 2 is 2.14 bits per heavy atom. The first-order chi connectivity index (χ1) is 6.43. The van der Waals surface area contributed by atoms with Crippen LogP contribution in [-0.4, -0.2) is 15.8 Å². The van der Waals surface area contributed by atoms with Crippen LogP contribution in [0.1, 0.15) is 17.3 Å². The highest BCUT2D eigenvalue weighted by molar-refractivity contribution is 14.1. The fourth-order valence-electron chi connectivity index (χ4n) is 0.959. The Morgan fingerprint density at radius 1 is 1.57 bits per heavy atom. The summed E-state index contributed by atoms with van der Waals surface area (Å²) in [6, 6.07) is 2.28. The maximum absolute atomic E-state index is 11.0. The summed E-state index contributed by atoms with van der Waals surface area (Å²) >= 11 is 1.74. The predicted octanol–water partition coefficient (Wildman–Crippen LogP) is 2.11. The molecule has 0 bridgehead atoms. The van der Waals surface area contributed by atoms with Gasteiger partial charge in [-0.15, -0.1) is 0 Å². The van der Waals surface area contributed by atoms with Crippen LogP contribution >= 0.6 is 22.6 Å². The summed E-state index contributed by atoms with van der Waals surface area (Å²) in [7, 11) is 0. The highest BCUT2D eigenvalue weighted by Crippen LogP contribution is 2.29. The summed E-state index contributed by atoms with van der Waals surface area (Å²) in [5.41, 5.74) is -0.221. The van der Waals surface area contributed by atoms with Crippen molar-refractivity contribution >= 4 is 34.1 Å². The van der Waals surface area contributed by atoms with E-state index in [1.807, 2.05) is 0 Å². The number of phenols is 1. The maximum atomic E-state index is 11.0. The second-order valence-electron chi connectivity index (χ2n) is 2.64. The van der Waals surface area contributed by atoms with Gasteiger partial charge in [0.15, 0.2) is 5.78 Å². The predicted molar refractivity (Wildman–Crippen MR) is 57.5 cm³/mol. The minimum absolute atomic E-state index is 0.0244. The van der Waals surface area contributed by atoms with Crippen molar-refractivity contribution in [1.82, 2.24) is 0 Å². The lowest BCUT2D eigenvalue weighted by Gasteiger charge is -2.02. The molecule has 0 radical (unpaired) electrons. The van der Waals surface area contributed by atoms with Crippen molar-refractivity contribution in [3.05, 3.63) is 31.4 Å². The number of nitrogens with zero attached hydrogens (tertiary/aromatic N) is 1. The summed E-state index contributed by atoms with van der Waals surface area (Å²) < 4.78 is 0.294. The number of hydrogen-bond acceptors (Lipinski definition) is 4. The molecule has 6 heteroatoms. The van der Waals surface area contributed by atoms with Crippen molar-refractivity contribution < 1.29 is 14.8 Å². The zero-order valence-corrected chi connectivity index (χ0v) is 9.31. The van der Waals surface area contributed by atoms with Gasteiger partial charge in [0.05, 0.1) is 14.1 Å². The standard InChI is InChI=1S/C8H6INO4/c1-4(11)6-2-5(10(13)14)3-7(9)8(6)12/h2-3,12H,1H3. The van der Waals surface area contributed by atoms with Gasteiger partial charge in [-0.1, -0.05) is 0 Å². The molecular weight excluding hydrogens is 301 g/mol. The number of non-ortho nitro benzene ring substituents is 1. The Kier molecular flexibility index (Phi) is 3.04. The van der Waals surface area contributed by atoms with Crippen molar-refractivity contribution in [3.8, 4) is 5.75 Å². The third-order valence-corrected chi connectivity index (χ3v) is 2.46. The number of nitro benzene ring substituents is 1. The Labute approximate surface area is 93.0 Å². The number of carbonyl (C=O) groups excluding carboxylic acids is 1. The number of benzene rings is 1. The largest absolute Gasteiger partial charge is 0.506 e. The molecular formula is C8H6INO4. The summed E-state index contributed by atoms with van der Waals surface area (Å²) in [5.74, 6) is -0.604. The lowest BCUT2D eigenvalue weighted by Crippen LogP contribution is -1.97. The SMILES string of the molecule is CC(=O)c1cc([N+](=O)[O-])cc(I)c1O. The van der Waals surface area contributed by atoms with E-state index in [1.165, 1.54) is 13.0 Å². The summed E-state index contributed by atoms with van der Waals surface area (Å²) in [5, 5.41) is 19.9. The molecule has 1 aromatic rings. The molecule has 0 amide bonds. The second-order valence-corrected chi connectivity index (χ2v) is 3.80. The highest BCUT2D eigenvalue weighted by Gasteiger charge is 2.16. The van der Waals surface area contributed by atoms with Crippen LogP contribution in [0.15, 0.2) is 12.1 Å². The van der Waals surface area contributed by atoms with Crippen LogP contribution in [0.2, 0.25) is 0 Å². The van der Waals surface area contributed by atoms with Gasteiger partial charge in [0.2, 0.25) is 0 Å².